The molecule has 4 aliphatic rings. The molecule has 11 atom stereocenters. The third-order valence-corrected chi connectivity index (χ3v) is 16.1. The molecule has 3 aromatic rings. The lowest BCUT2D eigenvalue weighted by Gasteiger charge is -2.46. The molecular formula is C48H72N4O4S2. The Morgan fingerprint density at radius 2 is 1.14 bits per heavy atom. The van der Waals surface area contributed by atoms with Crippen LogP contribution in [-0.4, -0.2) is 104 Å². The van der Waals surface area contributed by atoms with Crippen molar-refractivity contribution >= 4 is 23.5 Å². The van der Waals surface area contributed by atoms with Crippen molar-refractivity contribution in [3.8, 4) is 5.75 Å². The monoisotopic (exact) mass is 832 g/mol. The van der Waals surface area contributed by atoms with Crippen molar-refractivity contribution in [2.75, 3.05) is 37.7 Å². The van der Waals surface area contributed by atoms with Crippen LogP contribution in [0.2, 0.25) is 0 Å². The van der Waals surface area contributed by atoms with Crippen LogP contribution in [-0.2, 0) is 0 Å². The first-order chi connectivity index (χ1) is 28.0. The molecule has 2 aliphatic carbocycles. The molecule has 2 saturated carbocycles. The molecule has 0 spiro atoms. The van der Waals surface area contributed by atoms with E-state index in [1.807, 2.05) is 42.5 Å². The first kappa shape index (κ1) is 45.4. The van der Waals surface area contributed by atoms with Crippen LogP contribution >= 0.6 is 23.5 Å². The normalized spacial score (nSPS) is 27.8. The van der Waals surface area contributed by atoms with Gasteiger partial charge in [-0.15, -0.1) is 23.5 Å². The standard InChI is InChI=1S/C28H40N2O3S.C20H32N2OS/c1-19-15-21-9-6-7-10-22(21)16-30(19)17-27(32)25(18-34-23-11-4-3-5-12-23)29-28(33)24-13-8-14-26(31)20(24)2;1-15-11-16-7-5-6-8-17(16)12-22(15)13-20(23)19(21)14-24-18-9-3-2-4-10-18/h3-5,8,11-14,19,21-22,25,27-29,31-33H,6-7,9-10,15-18H2,1-2H3;2-4,9-10,15-17,19-20,23H,5-8,11-14,21H2,1H3/t19-,21?,22?,25+,27?,28?;15-,16?,17?,19+,20?/m11/s1. The van der Waals surface area contributed by atoms with E-state index in [0.29, 0.717) is 35.5 Å². The first-order valence-corrected chi connectivity index (χ1v) is 24.2. The first-order valence-electron chi connectivity index (χ1n) is 22.2. The molecule has 2 heterocycles. The van der Waals surface area contributed by atoms with E-state index in [1.165, 1.54) is 69.1 Å². The van der Waals surface area contributed by atoms with Crippen LogP contribution in [0.4, 0.5) is 0 Å². The summed E-state index contributed by atoms with van der Waals surface area (Å²) in [6, 6.07) is 26.2. The van der Waals surface area contributed by atoms with Gasteiger partial charge < -0.3 is 26.2 Å². The minimum atomic E-state index is -0.968. The summed E-state index contributed by atoms with van der Waals surface area (Å²) in [5.41, 5.74) is 7.55. The zero-order chi connectivity index (χ0) is 41.0. The molecule has 320 valence electrons. The van der Waals surface area contributed by atoms with Gasteiger partial charge in [-0.2, -0.15) is 0 Å². The second-order valence-electron chi connectivity index (χ2n) is 17.9. The number of benzene rings is 3. The smallest absolute Gasteiger partial charge is 0.131 e. The molecule has 58 heavy (non-hydrogen) atoms. The summed E-state index contributed by atoms with van der Waals surface area (Å²) in [6.07, 6.45) is 11.5. The van der Waals surface area contributed by atoms with Gasteiger partial charge in [-0.3, -0.25) is 15.1 Å². The van der Waals surface area contributed by atoms with Crippen LogP contribution in [0, 0.1) is 30.6 Å². The molecule has 7 N–H and O–H groups in total. The van der Waals surface area contributed by atoms with Crippen molar-refractivity contribution in [3.05, 3.63) is 90.0 Å². The van der Waals surface area contributed by atoms with Gasteiger partial charge in [0, 0.05) is 77.2 Å². The Bertz CT molecular complexity index is 1640. The van der Waals surface area contributed by atoms with Gasteiger partial charge in [0.2, 0.25) is 0 Å². The molecular weight excluding hydrogens is 761 g/mol. The fraction of sp³-hybridized carbons (Fsp3) is 0.625. The van der Waals surface area contributed by atoms with Crippen molar-refractivity contribution in [3.63, 3.8) is 0 Å². The van der Waals surface area contributed by atoms with E-state index in [0.717, 1.165) is 54.0 Å². The second kappa shape index (κ2) is 22.6. The Balaban J connectivity index is 0.000000208. The summed E-state index contributed by atoms with van der Waals surface area (Å²) in [5, 5.41) is 46.3. The molecule has 3 aromatic carbocycles. The molecule has 0 radical (unpaired) electrons. The van der Waals surface area contributed by atoms with Crippen molar-refractivity contribution in [1.82, 2.24) is 15.1 Å². The summed E-state index contributed by atoms with van der Waals surface area (Å²) in [7, 11) is 0. The molecule has 2 saturated heterocycles. The number of phenols is 1. The lowest BCUT2D eigenvalue weighted by atomic mass is 9.73. The number of hydrogen-bond donors (Lipinski definition) is 6. The number of aromatic hydroxyl groups is 1. The molecule has 7 unspecified atom stereocenters. The third kappa shape index (κ3) is 12.9. The molecule has 10 heteroatoms. The van der Waals surface area contributed by atoms with Gasteiger partial charge in [-0.1, -0.05) is 87.1 Å². The summed E-state index contributed by atoms with van der Waals surface area (Å²) < 4.78 is 0. The van der Waals surface area contributed by atoms with E-state index in [9.17, 15) is 20.4 Å². The third-order valence-electron chi connectivity index (χ3n) is 13.8. The minimum absolute atomic E-state index is 0.165. The molecule has 4 fully saturated rings. The summed E-state index contributed by atoms with van der Waals surface area (Å²) in [5.74, 6) is 4.92. The number of piperidine rings is 2. The number of aliphatic hydroxyl groups is 3. The number of nitrogens with two attached hydrogens (primary N) is 1. The Hall–Kier alpha value is -2.12. The molecule has 0 amide bonds. The Labute approximate surface area is 357 Å². The van der Waals surface area contributed by atoms with E-state index in [4.69, 9.17) is 5.73 Å². The highest BCUT2D eigenvalue weighted by Gasteiger charge is 2.38. The lowest BCUT2D eigenvalue weighted by molar-refractivity contribution is -0.00249. The number of likely N-dealkylation sites (tertiary alicyclic amines) is 2. The van der Waals surface area contributed by atoms with Crippen LogP contribution in [0.5, 0.6) is 5.75 Å². The fourth-order valence-corrected chi connectivity index (χ4v) is 12.1. The van der Waals surface area contributed by atoms with Gasteiger partial charge in [0.1, 0.15) is 12.0 Å². The number of phenolic OH excluding ortho intramolecular Hbond substituents is 1. The second-order valence-corrected chi connectivity index (χ2v) is 20.1. The Morgan fingerprint density at radius 3 is 1.67 bits per heavy atom. The fourth-order valence-electron chi connectivity index (χ4n) is 10.1. The summed E-state index contributed by atoms with van der Waals surface area (Å²) in [4.78, 5) is 7.31. The summed E-state index contributed by atoms with van der Waals surface area (Å²) >= 11 is 3.42. The lowest BCUT2D eigenvalue weighted by Crippen LogP contribution is -2.54. The molecule has 0 aromatic heterocycles. The number of nitrogens with one attached hydrogen (secondary N) is 1. The van der Waals surface area contributed by atoms with E-state index in [-0.39, 0.29) is 17.8 Å². The van der Waals surface area contributed by atoms with Gasteiger partial charge >= 0.3 is 0 Å². The van der Waals surface area contributed by atoms with Crippen LogP contribution in [0.1, 0.15) is 95.4 Å². The van der Waals surface area contributed by atoms with E-state index in [1.54, 1.807) is 42.6 Å². The van der Waals surface area contributed by atoms with Crippen LogP contribution < -0.4 is 11.1 Å². The average Bonchev–Trinajstić information content (AvgIpc) is 3.23. The molecule has 7 rings (SSSR count). The van der Waals surface area contributed by atoms with Gasteiger partial charge in [0.05, 0.1) is 12.2 Å². The number of hydrogen-bond acceptors (Lipinski definition) is 10. The number of β-amino-alcohol motifs (C(OH)–C–C–N with tert-alkyl or cyclic N) is 2. The van der Waals surface area contributed by atoms with E-state index < -0.39 is 18.4 Å². The highest BCUT2D eigenvalue weighted by molar-refractivity contribution is 7.99. The predicted octanol–water partition coefficient (Wildman–Crippen LogP) is 8.07. The highest BCUT2D eigenvalue weighted by atomic mass is 32.2. The van der Waals surface area contributed by atoms with Crippen molar-refractivity contribution in [1.29, 1.82) is 0 Å². The summed E-state index contributed by atoms with van der Waals surface area (Å²) in [6.45, 7) is 9.96. The van der Waals surface area contributed by atoms with Crippen molar-refractivity contribution in [2.24, 2.45) is 29.4 Å². The molecule has 2 aliphatic heterocycles. The van der Waals surface area contributed by atoms with Crippen molar-refractivity contribution in [2.45, 2.75) is 137 Å². The van der Waals surface area contributed by atoms with Crippen LogP contribution in [0.25, 0.3) is 0 Å². The quantitative estimate of drug-likeness (QED) is 0.0662. The Morgan fingerprint density at radius 1 is 0.655 bits per heavy atom. The van der Waals surface area contributed by atoms with E-state index in [2.05, 4.69) is 53.2 Å². The number of nitrogens with zero attached hydrogens (tertiary/aromatic N) is 2. The average molecular weight is 833 g/mol. The SMILES string of the molecule is C[C@@H]1CC2CCCCC2CN1CC(O)[C@@H](N)CSc1ccccc1.Cc1c(O)cccc1C(O)N[C@@H](CSc1ccccc1)C(O)CN1CC2CCCCC2C[C@H]1C. The maximum atomic E-state index is 11.4. The minimum Gasteiger partial charge on any atom is -0.508 e. The molecule has 0 bridgehead atoms. The molecule has 8 nitrogen and oxygen atoms in total. The number of rotatable bonds is 15. The topological polar surface area (TPSA) is 125 Å². The number of thioether (sulfide) groups is 2. The number of aliphatic hydroxyl groups excluding tert-OH is 3. The zero-order valence-electron chi connectivity index (χ0n) is 35.2. The number of fused-ring (bicyclic) bond motifs is 2. The predicted molar refractivity (Wildman–Crippen MR) is 241 cm³/mol. The maximum Gasteiger partial charge on any atom is 0.131 e. The Kier molecular flexibility index (Phi) is 17.7. The largest absolute Gasteiger partial charge is 0.508 e. The van der Waals surface area contributed by atoms with E-state index >= 15 is 0 Å². The maximum absolute atomic E-state index is 11.4. The highest BCUT2D eigenvalue weighted by Crippen LogP contribution is 2.40. The zero-order valence-corrected chi connectivity index (χ0v) is 36.9. The van der Waals surface area contributed by atoms with Crippen LogP contribution in [0.15, 0.2) is 88.7 Å². The van der Waals surface area contributed by atoms with Gasteiger partial charge in [0.15, 0.2) is 0 Å². The van der Waals surface area contributed by atoms with Gasteiger partial charge in [-0.05, 0) is 106 Å². The van der Waals surface area contributed by atoms with Gasteiger partial charge in [0.25, 0.3) is 0 Å². The van der Waals surface area contributed by atoms with Crippen LogP contribution in [0.3, 0.4) is 0 Å². The van der Waals surface area contributed by atoms with Crippen molar-refractivity contribution < 1.29 is 20.4 Å². The van der Waals surface area contributed by atoms with Gasteiger partial charge in [-0.25, -0.2) is 0 Å².